The van der Waals surface area contributed by atoms with Gasteiger partial charge in [0, 0.05) is 40.5 Å². The topological polar surface area (TPSA) is 102 Å². The molecule has 0 bridgehead atoms. The smallest absolute Gasteiger partial charge is 0.251 e. The lowest BCUT2D eigenvalue weighted by atomic mass is 10.1. The van der Waals surface area contributed by atoms with Crippen LogP contribution in [0.4, 0.5) is 0 Å². The van der Waals surface area contributed by atoms with Gasteiger partial charge in [0.2, 0.25) is 0 Å². The fourth-order valence-electron chi connectivity index (χ4n) is 3.35. The molecule has 0 spiro atoms. The molecule has 4 aromatic rings. The number of nitrogens with two attached hydrogens (primary N) is 1. The van der Waals surface area contributed by atoms with Gasteiger partial charge in [-0.25, -0.2) is 4.98 Å². The quantitative estimate of drug-likeness (QED) is 0.457. The highest BCUT2D eigenvalue weighted by Gasteiger charge is 2.14. The fourth-order valence-corrected chi connectivity index (χ4v) is 3.35. The highest BCUT2D eigenvalue weighted by atomic mass is 16.1. The van der Waals surface area contributed by atoms with Crippen molar-refractivity contribution in [2.45, 2.75) is 26.3 Å². The number of hydrogen-bond donors (Lipinski definition) is 2. The van der Waals surface area contributed by atoms with E-state index in [9.17, 15) is 9.59 Å². The highest BCUT2D eigenvalue weighted by Crippen LogP contribution is 2.25. The normalized spacial score (nSPS) is 11.5. The summed E-state index contributed by atoms with van der Waals surface area (Å²) in [6, 6.07) is 14.7. The van der Waals surface area contributed by atoms with Crippen molar-refractivity contribution in [1.29, 1.82) is 0 Å². The van der Waals surface area contributed by atoms with Crippen molar-refractivity contribution in [3.8, 4) is 22.5 Å². The van der Waals surface area contributed by atoms with Crippen molar-refractivity contribution in [1.82, 2.24) is 19.7 Å². The SMILES string of the molecule is CC(=O)c1cccc(-c2cnc3cnc(-c4ccc(C(=O)NCC(C)(C)N)cc4)cn23)c1. The standard InChI is InChI=1S/C25H25N5O2/c1-16(31)19-5-4-6-20(11-19)22-12-28-23-13-27-21(14-30(22)23)17-7-9-18(10-8-17)24(32)29-15-25(2,3)26/h4-14H,15,26H2,1-3H3,(H,29,32). The first-order chi connectivity index (χ1) is 15.2. The number of aromatic nitrogens is 3. The van der Waals surface area contributed by atoms with E-state index in [0.717, 1.165) is 22.5 Å². The zero-order chi connectivity index (χ0) is 22.9. The molecule has 0 aliphatic carbocycles. The molecule has 7 nitrogen and oxygen atoms in total. The van der Waals surface area contributed by atoms with Crippen molar-refractivity contribution in [3.05, 3.63) is 78.2 Å². The molecule has 2 aromatic carbocycles. The Bertz CT molecular complexity index is 1300. The lowest BCUT2D eigenvalue weighted by Gasteiger charge is -2.18. The Kier molecular flexibility index (Phi) is 5.59. The van der Waals surface area contributed by atoms with Crippen LogP contribution in [0.15, 0.2) is 67.1 Å². The van der Waals surface area contributed by atoms with Crippen molar-refractivity contribution in [3.63, 3.8) is 0 Å². The molecule has 0 atom stereocenters. The van der Waals surface area contributed by atoms with E-state index in [2.05, 4.69) is 15.3 Å². The molecule has 162 valence electrons. The van der Waals surface area contributed by atoms with E-state index in [4.69, 9.17) is 5.73 Å². The summed E-state index contributed by atoms with van der Waals surface area (Å²) < 4.78 is 1.95. The van der Waals surface area contributed by atoms with Gasteiger partial charge in [0.25, 0.3) is 5.91 Å². The van der Waals surface area contributed by atoms with E-state index < -0.39 is 5.54 Å². The molecule has 4 rings (SSSR count). The maximum atomic E-state index is 12.3. The van der Waals surface area contributed by atoms with Crippen LogP contribution in [0.1, 0.15) is 41.5 Å². The van der Waals surface area contributed by atoms with Crippen LogP contribution in [0.5, 0.6) is 0 Å². The number of nitrogens with one attached hydrogen (secondary N) is 1. The van der Waals surface area contributed by atoms with Crippen LogP contribution < -0.4 is 11.1 Å². The van der Waals surface area contributed by atoms with E-state index in [1.165, 1.54) is 0 Å². The molecule has 0 saturated heterocycles. The predicted molar refractivity (Wildman–Crippen MR) is 124 cm³/mol. The summed E-state index contributed by atoms with van der Waals surface area (Å²) in [4.78, 5) is 33.1. The summed E-state index contributed by atoms with van der Waals surface area (Å²) in [5.41, 5.74) is 10.8. The van der Waals surface area contributed by atoms with Gasteiger partial charge in [-0.1, -0.05) is 30.3 Å². The number of Topliss-reactive ketones (excluding diaryl/α,β-unsaturated/α-hetero) is 1. The Balaban J connectivity index is 1.63. The van der Waals surface area contributed by atoms with Crippen LogP contribution in [0.2, 0.25) is 0 Å². The molecular weight excluding hydrogens is 402 g/mol. The first-order valence-corrected chi connectivity index (χ1v) is 10.3. The molecule has 32 heavy (non-hydrogen) atoms. The molecule has 0 fully saturated rings. The molecule has 0 unspecified atom stereocenters. The highest BCUT2D eigenvalue weighted by molar-refractivity contribution is 5.95. The molecule has 1 amide bonds. The number of benzene rings is 2. The zero-order valence-corrected chi connectivity index (χ0v) is 18.3. The Hall–Kier alpha value is -3.84. The van der Waals surface area contributed by atoms with E-state index >= 15 is 0 Å². The van der Waals surface area contributed by atoms with Crippen molar-refractivity contribution in [2.24, 2.45) is 5.73 Å². The maximum absolute atomic E-state index is 12.3. The number of imidazole rings is 1. The van der Waals surface area contributed by atoms with Gasteiger partial charge in [0.05, 0.1) is 23.8 Å². The van der Waals surface area contributed by atoms with Crippen LogP contribution in [0.25, 0.3) is 28.2 Å². The van der Waals surface area contributed by atoms with E-state index in [-0.39, 0.29) is 11.7 Å². The Labute approximate surface area is 186 Å². The molecule has 0 saturated carbocycles. The van der Waals surface area contributed by atoms with E-state index in [1.807, 2.05) is 54.8 Å². The summed E-state index contributed by atoms with van der Waals surface area (Å²) in [6.45, 7) is 5.66. The molecule has 0 aliphatic rings. The Morgan fingerprint density at radius 1 is 1.00 bits per heavy atom. The lowest BCUT2D eigenvalue weighted by Crippen LogP contribution is -2.45. The summed E-state index contributed by atoms with van der Waals surface area (Å²) in [5, 5.41) is 2.84. The molecule has 0 radical (unpaired) electrons. The third-order valence-electron chi connectivity index (χ3n) is 5.11. The number of ketones is 1. The number of carbonyl (C=O) groups is 2. The molecule has 2 aromatic heterocycles. The third-order valence-corrected chi connectivity index (χ3v) is 5.11. The monoisotopic (exact) mass is 427 g/mol. The third kappa shape index (κ3) is 4.58. The van der Waals surface area contributed by atoms with Gasteiger partial charge >= 0.3 is 0 Å². The summed E-state index contributed by atoms with van der Waals surface area (Å²) in [6.07, 6.45) is 5.38. The number of carbonyl (C=O) groups excluding carboxylic acids is 2. The average Bonchev–Trinajstić information content (AvgIpc) is 3.20. The van der Waals surface area contributed by atoms with Crippen molar-refractivity contribution < 1.29 is 9.59 Å². The summed E-state index contributed by atoms with van der Waals surface area (Å²) >= 11 is 0. The minimum Gasteiger partial charge on any atom is -0.350 e. The van der Waals surface area contributed by atoms with Gasteiger partial charge in [0.1, 0.15) is 0 Å². The van der Waals surface area contributed by atoms with Crippen LogP contribution in [-0.4, -0.2) is 38.1 Å². The summed E-state index contributed by atoms with van der Waals surface area (Å²) in [7, 11) is 0. The first-order valence-electron chi connectivity index (χ1n) is 10.3. The second kappa shape index (κ2) is 8.36. The first kappa shape index (κ1) is 21.4. The average molecular weight is 428 g/mol. The van der Waals surface area contributed by atoms with Gasteiger partial charge in [-0.3, -0.25) is 19.0 Å². The van der Waals surface area contributed by atoms with Crippen LogP contribution in [-0.2, 0) is 0 Å². The van der Waals surface area contributed by atoms with Gasteiger partial charge in [-0.15, -0.1) is 0 Å². The minimum absolute atomic E-state index is 0.0159. The molecular formula is C25H25N5O2. The number of rotatable bonds is 6. The number of hydrogen-bond acceptors (Lipinski definition) is 5. The van der Waals surface area contributed by atoms with Crippen molar-refractivity contribution >= 4 is 17.3 Å². The van der Waals surface area contributed by atoms with Gasteiger partial charge in [0.15, 0.2) is 11.4 Å². The number of nitrogens with zero attached hydrogens (tertiary/aromatic N) is 3. The largest absolute Gasteiger partial charge is 0.350 e. The number of fused-ring (bicyclic) bond motifs is 1. The van der Waals surface area contributed by atoms with Crippen LogP contribution in [0.3, 0.4) is 0 Å². The maximum Gasteiger partial charge on any atom is 0.251 e. The van der Waals surface area contributed by atoms with E-state index in [0.29, 0.717) is 23.3 Å². The molecule has 0 aliphatic heterocycles. The predicted octanol–water partition coefficient (Wildman–Crippen LogP) is 3.73. The zero-order valence-electron chi connectivity index (χ0n) is 18.3. The van der Waals surface area contributed by atoms with Gasteiger partial charge < -0.3 is 11.1 Å². The Morgan fingerprint density at radius 3 is 2.44 bits per heavy atom. The van der Waals surface area contributed by atoms with E-state index in [1.54, 1.807) is 37.5 Å². The second-order valence-corrected chi connectivity index (χ2v) is 8.53. The molecule has 7 heteroatoms. The van der Waals surface area contributed by atoms with Gasteiger partial charge in [-0.05, 0) is 39.0 Å². The van der Waals surface area contributed by atoms with Crippen molar-refractivity contribution in [2.75, 3.05) is 6.54 Å². The molecule has 2 heterocycles. The fraction of sp³-hybridized carbons (Fsp3) is 0.200. The van der Waals surface area contributed by atoms with Crippen LogP contribution in [0, 0.1) is 0 Å². The number of amides is 1. The minimum atomic E-state index is -0.471. The summed E-state index contributed by atoms with van der Waals surface area (Å²) in [5.74, 6) is -0.150. The molecule has 3 N–H and O–H groups in total. The second-order valence-electron chi connectivity index (χ2n) is 8.53. The Morgan fingerprint density at radius 2 is 1.75 bits per heavy atom. The van der Waals surface area contributed by atoms with Crippen LogP contribution >= 0.6 is 0 Å². The lowest BCUT2D eigenvalue weighted by molar-refractivity contribution is 0.0945. The van der Waals surface area contributed by atoms with Gasteiger partial charge in [-0.2, -0.15) is 0 Å².